The van der Waals surface area contributed by atoms with E-state index in [4.69, 9.17) is 11.6 Å². The lowest BCUT2D eigenvalue weighted by Gasteiger charge is -2.11. The first-order chi connectivity index (χ1) is 7.49. The van der Waals surface area contributed by atoms with E-state index in [-0.39, 0.29) is 24.7 Å². The van der Waals surface area contributed by atoms with E-state index in [0.29, 0.717) is 5.02 Å². The van der Waals surface area contributed by atoms with Crippen LogP contribution in [0.15, 0.2) is 24.3 Å². The van der Waals surface area contributed by atoms with Gasteiger partial charge in [0.1, 0.15) is 5.78 Å². The predicted molar refractivity (Wildman–Crippen MR) is 61.4 cm³/mol. The molecule has 0 heterocycles. The Labute approximate surface area is 98.4 Å². The lowest BCUT2D eigenvalue weighted by molar-refractivity contribution is -0.483. The molecule has 1 atom stereocenters. The number of rotatable bonds is 5. The number of hydrogen-bond acceptors (Lipinski definition) is 3. The van der Waals surface area contributed by atoms with Crippen LogP contribution < -0.4 is 0 Å². The fraction of sp³-hybridized carbons (Fsp3) is 0.364. The van der Waals surface area contributed by atoms with Crippen LogP contribution >= 0.6 is 11.6 Å². The molecular weight excluding hydrogens is 230 g/mol. The average molecular weight is 242 g/mol. The van der Waals surface area contributed by atoms with Gasteiger partial charge >= 0.3 is 0 Å². The van der Waals surface area contributed by atoms with Crippen LogP contribution in [0.25, 0.3) is 0 Å². The number of carbonyl (C=O) groups excluding carboxylic acids is 1. The Balaban J connectivity index is 2.86. The van der Waals surface area contributed by atoms with Crippen LogP contribution in [0.5, 0.6) is 0 Å². The molecule has 1 rings (SSSR count). The van der Waals surface area contributed by atoms with Gasteiger partial charge in [0.05, 0.1) is 5.92 Å². The maximum Gasteiger partial charge on any atom is 0.211 e. The predicted octanol–water partition coefficient (Wildman–Crippen LogP) is 2.68. The van der Waals surface area contributed by atoms with Crippen molar-refractivity contribution in [3.8, 4) is 0 Å². The standard InChI is InChI=1S/C11H12ClNO3/c1-8(14)6-10(7-13(15)16)9-2-4-11(12)5-3-9/h2-5,10H,6-7H2,1H3. The second kappa shape index (κ2) is 5.61. The molecule has 86 valence electrons. The van der Waals surface area contributed by atoms with Crippen LogP contribution in [0.1, 0.15) is 24.8 Å². The van der Waals surface area contributed by atoms with Crippen molar-refractivity contribution in [1.29, 1.82) is 0 Å². The van der Waals surface area contributed by atoms with Crippen molar-refractivity contribution in [2.75, 3.05) is 6.54 Å². The Morgan fingerprint density at radius 3 is 2.44 bits per heavy atom. The van der Waals surface area contributed by atoms with Crippen molar-refractivity contribution in [2.45, 2.75) is 19.3 Å². The molecule has 1 aromatic carbocycles. The lowest BCUT2D eigenvalue weighted by Crippen LogP contribution is -2.15. The van der Waals surface area contributed by atoms with Gasteiger partial charge in [-0.1, -0.05) is 23.7 Å². The highest BCUT2D eigenvalue weighted by Gasteiger charge is 2.19. The molecule has 0 aliphatic heterocycles. The molecule has 1 unspecified atom stereocenters. The summed E-state index contributed by atoms with van der Waals surface area (Å²) in [5, 5.41) is 11.1. The van der Waals surface area contributed by atoms with Gasteiger partial charge in [0, 0.05) is 16.4 Å². The van der Waals surface area contributed by atoms with Gasteiger partial charge in [-0.05, 0) is 24.6 Å². The summed E-state index contributed by atoms with van der Waals surface area (Å²) in [4.78, 5) is 21.1. The van der Waals surface area contributed by atoms with Crippen LogP contribution in [-0.2, 0) is 4.79 Å². The highest BCUT2D eigenvalue weighted by molar-refractivity contribution is 6.30. The Hall–Kier alpha value is -1.42. The van der Waals surface area contributed by atoms with Crippen molar-refractivity contribution in [3.05, 3.63) is 45.0 Å². The van der Waals surface area contributed by atoms with Crippen molar-refractivity contribution >= 4 is 17.4 Å². The highest BCUT2D eigenvalue weighted by Crippen LogP contribution is 2.22. The zero-order valence-corrected chi connectivity index (χ0v) is 9.61. The number of nitrogens with zero attached hydrogens (tertiary/aromatic N) is 1. The number of hydrogen-bond donors (Lipinski definition) is 0. The third-order valence-electron chi connectivity index (χ3n) is 2.24. The molecule has 0 N–H and O–H groups in total. The zero-order chi connectivity index (χ0) is 12.1. The summed E-state index contributed by atoms with van der Waals surface area (Å²) in [5.41, 5.74) is 0.774. The van der Waals surface area contributed by atoms with Gasteiger partial charge in [-0.2, -0.15) is 0 Å². The maximum absolute atomic E-state index is 11.0. The maximum atomic E-state index is 11.0. The SMILES string of the molecule is CC(=O)CC(C[N+](=O)[O-])c1ccc(Cl)cc1. The first-order valence-electron chi connectivity index (χ1n) is 4.85. The number of halogens is 1. The molecule has 0 saturated heterocycles. The third kappa shape index (κ3) is 3.98. The number of nitro groups is 1. The van der Waals surface area contributed by atoms with Crippen molar-refractivity contribution in [3.63, 3.8) is 0 Å². The summed E-state index contributed by atoms with van der Waals surface area (Å²) in [6.07, 6.45) is 0.183. The molecule has 0 radical (unpaired) electrons. The van der Waals surface area contributed by atoms with Crippen molar-refractivity contribution in [2.24, 2.45) is 0 Å². The molecule has 5 heteroatoms. The summed E-state index contributed by atoms with van der Waals surface area (Å²) < 4.78 is 0. The highest BCUT2D eigenvalue weighted by atomic mass is 35.5. The molecule has 0 saturated carbocycles. The fourth-order valence-electron chi connectivity index (χ4n) is 1.55. The molecule has 4 nitrogen and oxygen atoms in total. The first-order valence-corrected chi connectivity index (χ1v) is 5.23. The second-order valence-corrected chi connectivity index (χ2v) is 4.11. The largest absolute Gasteiger partial charge is 0.300 e. The van der Waals surface area contributed by atoms with E-state index in [9.17, 15) is 14.9 Å². The van der Waals surface area contributed by atoms with Crippen LogP contribution in [0.2, 0.25) is 5.02 Å². The van der Waals surface area contributed by atoms with E-state index in [2.05, 4.69) is 0 Å². The third-order valence-corrected chi connectivity index (χ3v) is 2.50. The topological polar surface area (TPSA) is 60.2 Å². The van der Waals surface area contributed by atoms with E-state index in [1.165, 1.54) is 6.92 Å². The Morgan fingerprint density at radius 1 is 1.44 bits per heavy atom. The van der Waals surface area contributed by atoms with E-state index < -0.39 is 4.92 Å². The van der Waals surface area contributed by atoms with Crippen molar-refractivity contribution in [1.82, 2.24) is 0 Å². The van der Waals surface area contributed by atoms with Gasteiger partial charge in [0.25, 0.3) is 0 Å². The molecule has 0 aliphatic rings. The number of ketones is 1. The smallest absolute Gasteiger partial charge is 0.211 e. The monoisotopic (exact) mass is 241 g/mol. The van der Waals surface area contributed by atoms with Gasteiger partial charge in [0.15, 0.2) is 0 Å². The summed E-state index contributed by atoms with van der Waals surface area (Å²) in [7, 11) is 0. The summed E-state index contributed by atoms with van der Waals surface area (Å²) in [6, 6.07) is 6.78. The van der Waals surface area contributed by atoms with Gasteiger partial charge in [-0.25, -0.2) is 0 Å². The lowest BCUT2D eigenvalue weighted by atomic mass is 9.94. The van der Waals surface area contributed by atoms with E-state index >= 15 is 0 Å². The van der Waals surface area contributed by atoms with E-state index in [0.717, 1.165) is 5.56 Å². The molecule has 0 spiro atoms. The van der Waals surface area contributed by atoms with Crippen LogP contribution in [-0.4, -0.2) is 17.3 Å². The number of benzene rings is 1. The van der Waals surface area contributed by atoms with Gasteiger partial charge < -0.3 is 4.79 Å². The van der Waals surface area contributed by atoms with E-state index in [1.807, 2.05) is 0 Å². The fourth-order valence-corrected chi connectivity index (χ4v) is 1.68. The number of Topliss-reactive ketones (excluding diaryl/α,β-unsaturated/α-hetero) is 1. The van der Waals surface area contributed by atoms with Crippen molar-refractivity contribution < 1.29 is 9.72 Å². The van der Waals surface area contributed by atoms with E-state index in [1.54, 1.807) is 24.3 Å². The molecule has 0 bridgehead atoms. The van der Waals surface area contributed by atoms with Gasteiger partial charge in [-0.15, -0.1) is 0 Å². The number of carbonyl (C=O) groups is 1. The molecule has 16 heavy (non-hydrogen) atoms. The van der Waals surface area contributed by atoms with Gasteiger partial charge in [0.2, 0.25) is 6.54 Å². The Morgan fingerprint density at radius 2 is 2.00 bits per heavy atom. The normalized spacial score (nSPS) is 12.1. The minimum absolute atomic E-state index is 0.0539. The summed E-state index contributed by atoms with van der Waals surface area (Å²) in [5.74, 6) is -0.424. The van der Waals surface area contributed by atoms with Crippen LogP contribution in [0.3, 0.4) is 0 Å². The average Bonchev–Trinajstić information content (AvgIpc) is 2.16. The molecule has 1 aromatic rings. The molecular formula is C11H12ClNO3. The van der Waals surface area contributed by atoms with Crippen LogP contribution in [0, 0.1) is 10.1 Å². The summed E-state index contributed by atoms with van der Waals surface area (Å²) >= 11 is 5.73. The van der Waals surface area contributed by atoms with Gasteiger partial charge in [-0.3, -0.25) is 10.1 Å². The quantitative estimate of drug-likeness (QED) is 0.588. The molecule has 0 aliphatic carbocycles. The zero-order valence-electron chi connectivity index (χ0n) is 8.85. The molecule has 0 aromatic heterocycles. The molecule has 0 fully saturated rings. The molecule has 0 amide bonds. The van der Waals surface area contributed by atoms with Crippen LogP contribution in [0.4, 0.5) is 0 Å². The first kappa shape index (κ1) is 12.6. The minimum Gasteiger partial charge on any atom is -0.300 e. The summed E-state index contributed by atoms with van der Waals surface area (Å²) in [6.45, 7) is 1.20. The second-order valence-electron chi connectivity index (χ2n) is 3.67. The Bertz CT molecular complexity index is 373. The Kier molecular flexibility index (Phi) is 4.43. The minimum atomic E-state index is -0.401.